The molecule has 0 bridgehead atoms. The molecule has 56 heavy (non-hydrogen) atoms. The number of halogens is 34. The zero-order valence-electron chi connectivity index (χ0n) is 24.2. The van der Waals surface area contributed by atoms with Crippen LogP contribution in [0, 0.1) is 0 Å². The van der Waals surface area contributed by atoms with E-state index in [0.29, 0.717) is 0 Å². The molecule has 2 nitrogen and oxygen atoms in total. The standard InChI is InChI=1S/C20H4F34N2/c21-5(22,7(25,26)9(29,30)11(33,34)13(37,38)15(41,42)17(45,46)19(49,50)51)3-56-2-1-55-4(56)6(23,24)8(27,28)10(31,32)12(35,36)14(39,40)16(43,44)18(47,48)20(52,53)54/h1-2H,3H2/p+1. The first kappa shape index (κ1) is 50.8. The van der Waals surface area contributed by atoms with Crippen LogP contribution in [0.5, 0.6) is 0 Å². The van der Waals surface area contributed by atoms with Gasteiger partial charge in [0.2, 0.25) is 0 Å². The van der Waals surface area contributed by atoms with Gasteiger partial charge in [-0.05, 0) is 0 Å². The summed E-state index contributed by atoms with van der Waals surface area (Å²) < 4.78 is 455. The number of alkyl halides is 34. The monoisotopic (exact) mass is 919 g/mol. The summed E-state index contributed by atoms with van der Waals surface area (Å²) in [6.45, 7) is -4.45. The van der Waals surface area contributed by atoms with E-state index in [1.807, 2.05) is 0 Å². The first-order valence-electron chi connectivity index (χ1n) is 12.2. The molecule has 0 spiro atoms. The van der Waals surface area contributed by atoms with E-state index in [1.165, 1.54) is 0 Å². The second-order valence-corrected chi connectivity index (χ2v) is 10.6. The number of aromatic amines is 1. The first-order chi connectivity index (χ1) is 23.7. The van der Waals surface area contributed by atoms with Crippen LogP contribution >= 0.6 is 0 Å². The lowest BCUT2D eigenvalue weighted by atomic mass is 9.88. The van der Waals surface area contributed by atoms with Crippen molar-refractivity contribution in [2.24, 2.45) is 0 Å². The fourth-order valence-corrected chi connectivity index (χ4v) is 3.59. The van der Waals surface area contributed by atoms with Gasteiger partial charge in [-0.3, -0.25) is 0 Å². The van der Waals surface area contributed by atoms with Crippen LogP contribution < -0.4 is 4.57 Å². The Morgan fingerprint density at radius 3 is 0.821 bits per heavy atom. The molecule has 0 aliphatic heterocycles. The van der Waals surface area contributed by atoms with Crippen molar-refractivity contribution in [2.75, 3.05) is 0 Å². The number of H-pyrrole nitrogens is 1. The average molecular weight is 919 g/mol. The summed E-state index contributed by atoms with van der Waals surface area (Å²) in [5, 5.41) is 0. The highest BCUT2D eigenvalue weighted by Crippen LogP contribution is 2.66. The van der Waals surface area contributed by atoms with Crippen LogP contribution in [0.3, 0.4) is 0 Å². The Bertz CT molecular complexity index is 1570. The van der Waals surface area contributed by atoms with Gasteiger partial charge in [-0.15, -0.1) is 0 Å². The van der Waals surface area contributed by atoms with Gasteiger partial charge in [0.25, 0.3) is 0 Å². The molecule has 332 valence electrons. The van der Waals surface area contributed by atoms with Gasteiger partial charge in [-0.1, -0.05) is 0 Å². The minimum Gasteiger partial charge on any atom is -0.242 e. The van der Waals surface area contributed by atoms with Gasteiger partial charge in [0.15, 0.2) is 6.54 Å². The number of nitrogens with zero attached hydrogens (tertiary/aromatic N) is 1. The third kappa shape index (κ3) is 6.10. The predicted octanol–water partition coefficient (Wildman–Crippen LogP) is 10.8. The molecule has 0 amide bonds. The molecular formula is C20H5F34N2+. The molecule has 1 aromatic rings. The van der Waals surface area contributed by atoms with Crippen molar-refractivity contribution >= 4 is 0 Å². The Hall–Kier alpha value is -3.17. The summed E-state index contributed by atoms with van der Waals surface area (Å²) in [5.74, 6) is -129. The van der Waals surface area contributed by atoms with Gasteiger partial charge in [0.1, 0.15) is 12.4 Å². The average Bonchev–Trinajstić information content (AvgIpc) is 3.42. The summed E-state index contributed by atoms with van der Waals surface area (Å²) in [4.78, 5) is 0.134. The maximum atomic E-state index is 14.5. The molecule has 0 atom stereocenters. The molecule has 0 saturated heterocycles. The Morgan fingerprint density at radius 2 is 0.554 bits per heavy atom. The zero-order chi connectivity index (χ0) is 46.0. The van der Waals surface area contributed by atoms with Gasteiger partial charge in [0, 0.05) is 0 Å². The molecule has 0 aliphatic rings. The number of imidazole rings is 1. The molecule has 0 aromatic carbocycles. The molecule has 1 heterocycles. The van der Waals surface area contributed by atoms with Crippen molar-refractivity contribution in [1.82, 2.24) is 4.98 Å². The second-order valence-electron chi connectivity index (χ2n) is 10.6. The Balaban J connectivity index is 3.91. The largest absolute Gasteiger partial charge is 0.460 e. The lowest BCUT2D eigenvalue weighted by Gasteiger charge is -2.42. The molecule has 0 radical (unpaired) electrons. The fraction of sp³-hybridized carbons (Fsp3) is 0.850. The van der Waals surface area contributed by atoms with E-state index in [9.17, 15) is 149 Å². The maximum Gasteiger partial charge on any atom is 0.460 e. The molecule has 1 aromatic heterocycles. The van der Waals surface area contributed by atoms with Gasteiger partial charge in [-0.2, -0.15) is 149 Å². The van der Waals surface area contributed by atoms with Crippen molar-refractivity contribution in [1.29, 1.82) is 0 Å². The second kappa shape index (κ2) is 12.7. The summed E-state index contributed by atoms with van der Waals surface area (Å²) >= 11 is 0. The van der Waals surface area contributed by atoms with E-state index in [1.54, 1.807) is 0 Å². The summed E-state index contributed by atoms with van der Waals surface area (Å²) in [5.41, 5.74) is 0. The van der Waals surface area contributed by atoms with Crippen molar-refractivity contribution < 1.29 is 154 Å². The van der Waals surface area contributed by atoms with Crippen LogP contribution in [0.4, 0.5) is 149 Å². The smallest absolute Gasteiger partial charge is 0.242 e. The molecule has 1 N–H and O–H groups in total. The first-order valence-corrected chi connectivity index (χ1v) is 12.2. The molecule has 0 fully saturated rings. The highest BCUT2D eigenvalue weighted by molar-refractivity contribution is 5.18. The number of aromatic nitrogens is 2. The third-order valence-corrected chi connectivity index (χ3v) is 6.94. The normalized spacial score (nSPS) is 16.8. The SMILES string of the molecule is FC(F)(F)C(F)(F)C(F)(F)C(F)(F)C(F)(F)C(F)(F)C(F)(F)C(F)(F)C[n+]1cc[nH]c1C(F)(F)C(F)(F)C(F)(F)C(F)(F)C(F)(F)C(F)(F)C(F)(F)C(F)(F)F. The van der Waals surface area contributed by atoms with E-state index in [4.69, 9.17) is 0 Å². The van der Waals surface area contributed by atoms with Crippen LogP contribution in [0.2, 0.25) is 0 Å². The highest BCUT2D eigenvalue weighted by atomic mass is 19.4. The topological polar surface area (TPSA) is 19.7 Å². The molecule has 0 saturated carbocycles. The van der Waals surface area contributed by atoms with E-state index in [0.717, 1.165) is 0 Å². The minimum absolute atomic E-state index is 0.134. The van der Waals surface area contributed by atoms with Crippen molar-refractivity contribution in [2.45, 2.75) is 102 Å². The van der Waals surface area contributed by atoms with E-state index < -0.39 is 125 Å². The molecule has 36 heteroatoms. The predicted molar refractivity (Wildman–Crippen MR) is 101 cm³/mol. The lowest BCUT2D eigenvalue weighted by molar-refractivity contribution is -0.734. The van der Waals surface area contributed by atoms with Crippen molar-refractivity contribution in [3.8, 4) is 0 Å². The number of hydrogen-bond acceptors (Lipinski definition) is 0. The van der Waals surface area contributed by atoms with Crippen LogP contribution in [-0.2, 0) is 12.5 Å². The molecule has 1 rings (SSSR count). The summed E-state index contributed by atoms with van der Waals surface area (Å²) in [6.07, 6.45) is -18.4. The van der Waals surface area contributed by atoms with Crippen LogP contribution in [0.15, 0.2) is 12.4 Å². The van der Waals surface area contributed by atoms with Crippen molar-refractivity contribution in [3.63, 3.8) is 0 Å². The van der Waals surface area contributed by atoms with Gasteiger partial charge >= 0.3 is 101 Å². The van der Waals surface area contributed by atoms with Crippen molar-refractivity contribution in [3.05, 3.63) is 18.2 Å². The summed E-state index contributed by atoms with van der Waals surface area (Å²) in [6, 6.07) is 0. The lowest BCUT2D eigenvalue weighted by Crippen LogP contribution is -2.75. The number of rotatable bonds is 15. The number of nitrogens with one attached hydrogen (secondary N) is 1. The van der Waals surface area contributed by atoms with E-state index >= 15 is 0 Å². The Morgan fingerprint density at radius 1 is 0.321 bits per heavy atom. The van der Waals surface area contributed by atoms with Crippen LogP contribution in [-0.4, -0.2) is 94.3 Å². The maximum absolute atomic E-state index is 14.5. The van der Waals surface area contributed by atoms with Gasteiger partial charge in [0.05, 0.1) is 0 Å². The zero-order valence-corrected chi connectivity index (χ0v) is 24.2. The Labute approximate surface area is 280 Å². The van der Waals surface area contributed by atoms with Gasteiger partial charge < -0.3 is 0 Å². The van der Waals surface area contributed by atoms with E-state index in [-0.39, 0.29) is 4.98 Å². The minimum atomic E-state index is -9.36. The third-order valence-electron chi connectivity index (χ3n) is 6.94. The van der Waals surface area contributed by atoms with Gasteiger partial charge in [-0.25, -0.2) is 9.55 Å². The Kier molecular flexibility index (Phi) is 11.5. The molecular weight excluding hydrogens is 914 g/mol. The summed E-state index contributed by atoms with van der Waals surface area (Å²) in [7, 11) is 0. The van der Waals surface area contributed by atoms with Crippen LogP contribution in [0.1, 0.15) is 5.82 Å². The van der Waals surface area contributed by atoms with E-state index in [2.05, 4.69) is 0 Å². The quantitative estimate of drug-likeness (QED) is 0.134. The fourth-order valence-electron chi connectivity index (χ4n) is 3.59. The molecule has 0 aliphatic carbocycles. The molecule has 0 unspecified atom stereocenters. The van der Waals surface area contributed by atoms with Crippen LogP contribution in [0.25, 0.3) is 0 Å². The highest BCUT2D eigenvalue weighted by Gasteiger charge is 2.97. The number of hydrogen-bond donors (Lipinski definition) is 1.